The average Bonchev–Trinajstić information content (AvgIpc) is 2.89. The van der Waals surface area contributed by atoms with Gasteiger partial charge < -0.3 is 10.5 Å². The molecule has 0 fully saturated rings. The van der Waals surface area contributed by atoms with Crippen molar-refractivity contribution in [3.8, 4) is 5.75 Å². The molecule has 0 aliphatic rings. The molecule has 19 heavy (non-hydrogen) atoms. The van der Waals surface area contributed by atoms with Crippen molar-refractivity contribution in [2.45, 2.75) is 31.9 Å². The molecule has 0 saturated carbocycles. The highest BCUT2D eigenvalue weighted by atomic mass is 35.5. The largest absolute Gasteiger partial charge is 0.489 e. The molecule has 2 aromatic rings. The molecule has 0 amide bonds. The van der Waals surface area contributed by atoms with Gasteiger partial charge in [-0.25, -0.2) is 0 Å². The standard InChI is InChI=1S/C15H18ClNOS/c1-11(18-14-4-2-3-13(16)9-14)15(17)6-5-12-7-8-19-10-12/h2-4,7-11,15H,5-6,17H2,1H3. The van der Waals surface area contributed by atoms with Crippen LogP contribution in [-0.4, -0.2) is 12.1 Å². The first-order valence-electron chi connectivity index (χ1n) is 6.34. The number of thiophene rings is 1. The second kappa shape index (κ2) is 6.94. The summed E-state index contributed by atoms with van der Waals surface area (Å²) >= 11 is 7.64. The van der Waals surface area contributed by atoms with Crippen LogP contribution >= 0.6 is 22.9 Å². The Morgan fingerprint density at radius 3 is 2.89 bits per heavy atom. The highest BCUT2D eigenvalue weighted by Crippen LogP contribution is 2.19. The van der Waals surface area contributed by atoms with Gasteiger partial charge in [0.25, 0.3) is 0 Å². The summed E-state index contributed by atoms with van der Waals surface area (Å²) in [6.45, 7) is 2.00. The Balaban J connectivity index is 1.83. The van der Waals surface area contributed by atoms with Gasteiger partial charge in [-0.2, -0.15) is 11.3 Å². The zero-order valence-electron chi connectivity index (χ0n) is 10.9. The lowest BCUT2D eigenvalue weighted by atomic mass is 10.0. The molecule has 0 aliphatic carbocycles. The Kier molecular flexibility index (Phi) is 5.25. The molecular formula is C15H18ClNOS. The maximum atomic E-state index is 6.17. The zero-order valence-corrected chi connectivity index (χ0v) is 12.5. The van der Waals surface area contributed by atoms with Crippen LogP contribution in [0.5, 0.6) is 5.75 Å². The molecule has 0 spiro atoms. The van der Waals surface area contributed by atoms with Gasteiger partial charge >= 0.3 is 0 Å². The third-order valence-electron chi connectivity index (χ3n) is 3.07. The van der Waals surface area contributed by atoms with Gasteiger partial charge in [-0.15, -0.1) is 0 Å². The molecule has 0 saturated heterocycles. The van der Waals surface area contributed by atoms with E-state index in [0.717, 1.165) is 18.6 Å². The van der Waals surface area contributed by atoms with Crippen LogP contribution < -0.4 is 10.5 Å². The van der Waals surface area contributed by atoms with Crippen LogP contribution in [0, 0.1) is 0 Å². The Morgan fingerprint density at radius 1 is 1.37 bits per heavy atom. The van der Waals surface area contributed by atoms with Crippen molar-refractivity contribution < 1.29 is 4.74 Å². The SMILES string of the molecule is CC(Oc1cccc(Cl)c1)C(N)CCc1ccsc1. The summed E-state index contributed by atoms with van der Waals surface area (Å²) in [4.78, 5) is 0. The van der Waals surface area contributed by atoms with E-state index in [1.54, 1.807) is 11.3 Å². The van der Waals surface area contributed by atoms with E-state index in [0.29, 0.717) is 5.02 Å². The molecule has 2 rings (SSSR count). The van der Waals surface area contributed by atoms with Crippen molar-refractivity contribution in [2.24, 2.45) is 5.73 Å². The van der Waals surface area contributed by atoms with E-state index >= 15 is 0 Å². The van der Waals surface area contributed by atoms with E-state index in [1.165, 1.54) is 5.56 Å². The molecule has 1 heterocycles. The number of hydrogen-bond donors (Lipinski definition) is 1. The van der Waals surface area contributed by atoms with Gasteiger partial charge in [-0.3, -0.25) is 0 Å². The predicted octanol–water partition coefficient (Wildman–Crippen LogP) is 4.13. The molecule has 0 aliphatic heterocycles. The molecule has 1 aromatic heterocycles. The van der Waals surface area contributed by atoms with Crippen molar-refractivity contribution in [3.63, 3.8) is 0 Å². The first-order valence-corrected chi connectivity index (χ1v) is 7.66. The van der Waals surface area contributed by atoms with Crippen LogP contribution in [0.1, 0.15) is 18.9 Å². The van der Waals surface area contributed by atoms with Gasteiger partial charge in [0.15, 0.2) is 0 Å². The Hall–Kier alpha value is -1.03. The van der Waals surface area contributed by atoms with Crippen molar-refractivity contribution >= 4 is 22.9 Å². The van der Waals surface area contributed by atoms with Crippen LogP contribution in [0.2, 0.25) is 5.02 Å². The van der Waals surface area contributed by atoms with Gasteiger partial charge in [0, 0.05) is 11.1 Å². The summed E-state index contributed by atoms with van der Waals surface area (Å²) in [5.74, 6) is 0.769. The summed E-state index contributed by atoms with van der Waals surface area (Å²) in [6.07, 6.45) is 1.88. The number of hydrogen-bond acceptors (Lipinski definition) is 3. The monoisotopic (exact) mass is 295 g/mol. The second-order valence-electron chi connectivity index (χ2n) is 4.61. The normalized spacial score (nSPS) is 14.1. The predicted molar refractivity (Wildman–Crippen MR) is 82.2 cm³/mol. The van der Waals surface area contributed by atoms with Crippen molar-refractivity contribution in [3.05, 3.63) is 51.7 Å². The second-order valence-corrected chi connectivity index (χ2v) is 5.83. The Morgan fingerprint density at radius 2 is 2.21 bits per heavy atom. The van der Waals surface area contributed by atoms with Gasteiger partial charge in [-0.05, 0) is 60.4 Å². The summed E-state index contributed by atoms with van der Waals surface area (Å²) in [6, 6.07) is 9.56. The summed E-state index contributed by atoms with van der Waals surface area (Å²) in [5, 5.41) is 4.93. The third kappa shape index (κ3) is 4.53. The molecule has 4 heteroatoms. The highest BCUT2D eigenvalue weighted by molar-refractivity contribution is 7.07. The lowest BCUT2D eigenvalue weighted by molar-refractivity contribution is 0.185. The van der Waals surface area contributed by atoms with E-state index in [1.807, 2.05) is 31.2 Å². The number of rotatable bonds is 6. The molecule has 2 nitrogen and oxygen atoms in total. The van der Waals surface area contributed by atoms with E-state index in [9.17, 15) is 0 Å². The number of ether oxygens (including phenoxy) is 1. The van der Waals surface area contributed by atoms with Crippen LogP contribution in [0.15, 0.2) is 41.1 Å². The fourth-order valence-electron chi connectivity index (χ4n) is 1.85. The molecule has 2 atom stereocenters. The Labute approximate surface area is 123 Å². The summed E-state index contributed by atoms with van der Waals surface area (Å²) < 4.78 is 5.82. The minimum atomic E-state index is -0.0305. The number of nitrogens with two attached hydrogens (primary N) is 1. The minimum absolute atomic E-state index is 0.0129. The molecule has 2 N–H and O–H groups in total. The number of benzene rings is 1. The minimum Gasteiger partial charge on any atom is -0.489 e. The molecule has 102 valence electrons. The molecular weight excluding hydrogens is 278 g/mol. The van der Waals surface area contributed by atoms with Crippen LogP contribution in [0.4, 0.5) is 0 Å². The molecule has 0 radical (unpaired) electrons. The van der Waals surface area contributed by atoms with Gasteiger partial charge in [-0.1, -0.05) is 17.7 Å². The Bertz CT molecular complexity index is 501. The average molecular weight is 296 g/mol. The number of halogens is 1. The first kappa shape index (κ1) is 14.4. The fraction of sp³-hybridized carbons (Fsp3) is 0.333. The van der Waals surface area contributed by atoms with E-state index in [2.05, 4.69) is 16.8 Å². The quantitative estimate of drug-likeness (QED) is 0.870. The maximum absolute atomic E-state index is 6.17. The van der Waals surface area contributed by atoms with Crippen molar-refractivity contribution in [1.29, 1.82) is 0 Å². The third-order valence-corrected chi connectivity index (χ3v) is 4.03. The smallest absolute Gasteiger partial charge is 0.121 e. The summed E-state index contributed by atoms with van der Waals surface area (Å²) in [5.41, 5.74) is 7.51. The molecule has 1 aromatic carbocycles. The van der Waals surface area contributed by atoms with Crippen LogP contribution in [0.25, 0.3) is 0 Å². The fourth-order valence-corrected chi connectivity index (χ4v) is 2.73. The maximum Gasteiger partial charge on any atom is 0.121 e. The van der Waals surface area contributed by atoms with Gasteiger partial charge in [0.1, 0.15) is 11.9 Å². The summed E-state index contributed by atoms with van der Waals surface area (Å²) in [7, 11) is 0. The number of aryl methyl sites for hydroxylation is 1. The van der Waals surface area contributed by atoms with Crippen LogP contribution in [0.3, 0.4) is 0 Å². The topological polar surface area (TPSA) is 35.2 Å². The van der Waals surface area contributed by atoms with E-state index in [4.69, 9.17) is 22.1 Å². The highest BCUT2D eigenvalue weighted by Gasteiger charge is 2.14. The van der Waals surface area contributed by atoms with E-state index < -0.39 is 0 Å². The first-order chi connectivity index (χ1) is 9.15. The van der Waals surface area contributed by atoms with Crippen molar-refractivity contribution in [1.82, 2.24) is 0 Å². The van der Waals surface area contributed by atoms with Crippen molar-refractivity contribution in [2.75, 3.05) is 0 Å². The van der Waals surface area contributed by atoms with E-state index in [-0.39, 0.29) is 12.1 Å². The van der Waals surface area contributed by atoms with Gasteiger partial charge in [0.05, 0.1) is 0 Å². The lowest BCUT2D eigenvalue weighted by Crippen LogP contribution is -2.37. The zero-order chi connectivity index (χ0) is 13.7. The molecule has 0 bridgehead atoms. The molecule has 2 unspecified atom stereocenters. The lowest BCUT2D eigenvalue weighted by Gasteiger charge is -2.21. The van der Waals surface area contributed by atoms with Gasteiger partial charge in [0.2, 0.25) is 0 Å². The van der Waals surface area contributed by atoms with Crippen LogP contribution in [-0.2, 0) is 6.42 Å².